The van der Waals surface area contributed by atoms with Gasteiger partial charge in [-0.1, -0.05) is 0 Å². The van der Waals surface area contributed by atoms with Crippen molar-refractivity contribution in [2.45, 2.75) is 19.4 Å². The Morgan fingerprint density at radius 2 is 1.88 bits per heavy atom. The fraction of sp³-hybridized carbons (Fsp3) is 0.400. The van der Waals surface area contributed by atoms with Crippen LogP contribution in [0.25, 0.3) is 0 Å². The normalized spacial score (nSPS) is 20.0. The van der Waals surface area contributed by atoms with E-state index in [4.69, 9.17) is 4.74 Å². The SMILES string of the molecule is CCOc1nc(Nc2ccc(O)cc2)nc(NC2CCS(O)(O)C2)n1. The molecule has 3 rings (SSSR count). The van der Waals surface area contributed by atoms with Crippen LogP contribution in [0.1, 0.15) is 13.3 Å². The van der Waals surface area contributed by atoms with Crippen LogP contribution in [0.2, 0.25) is 0 Å². The number of aromatic nitrogens is 3. The molecule has 5 N–H and O–H groups in total. The third-order valence-corrected chi connectivity index (χ3v) is 5.43. The number of ether oxygens (including phenoxy) is 1. The van der Waals surface area contributed by atoms with Crippen LogP contribution >= 0.6 is 10.6 Å². The molecule has 0 saturated carbocycles. The third-order valence-electron chi connectivity index (χ3n) is 3.61. The zero-order valence-corrected chi connectivity index (χ0v) is 14.5. The van der Waals surface area contributed by atoms with Crippen LogP contribution in [-0.4, -0.2) is 53.3 Å². The van der Waals surface area contributed by atoms with Crippen LogP contribution in [-0.2, 0) is 0 Å². The van der Waals surface area contributed by atoms with Crippen molar-refractivity contribution in [1.29, 1.82) is 0 Å². The number of hydrogen-bond donors (Lipinski definition) is 5. The lowest BCUT2D eigenvalue weighted by molar-refractivity contribution is 0.312. The molecule has 1 aromatic heterocycles. The van der Waals surface area contributed by atoms with Gasteiger partial charge in [-0.25, -0.2) is 0 Å². The van der Waals surface area contributed by atoms with Crippen molar-refractivity contribution in [2.75, 3.05) is 28.7 Å². The Balaban J connectivity index is 1.78. The molecular weight excluding hydrogens is 346 g/mol. The minimum Gasteiger partial charge on any atom is -0.508 e. The van der Waals surface area contributed by atoms with Gasteiger partial charge in [-0.05, 0) is 37.6 Å². The molecule has 9 nitrogen and oxygen atoms in total. The largest absolute Gasteiger partial charge is 0.508 e. The van der Waals surface area contributed by atoms with Crippen molar-refractivity contribution < 1.29 is 18.9 Å². The number of anilines is 3. The summed E-state index contributed by atoms with van der Waals surface area (Å²) >= 11 is 0. The van der Waals surface area contributed by atoms with Gasteiger partial charge in [0.1, 0.15) is 5.75 Å². The van der Waals surface area contributed by atoms with Gasteiger partial charge in [-0.2, -0.15) is 25.5 Å². The van der Waals surface area contributed by atoms with E-state index in [0.29, 0.717) is 30.4 Å². The average molecular weight is 367 g/mol. The van der Waals surface area contributed by atoms with Crippen LogP contribution in [0.5, 0.6) is 11.8 Å². The minimum absolute atomic E-state index is 0.108. The van der Waals surface area contributed by atoms with Gasteiger partial charge in [0.25, 0.3) is 0 Å². The minimum atomic E-state index is -2.50. The molecule has 0 radical (unpaired) electrons. The molecule has 1 aliphatic rings. The predicted molar refractivity (Wildman–Crippen MR) is 97.0 cm³/mol. The van der Waals surface area contributed by atoms with E-state index in [9.17, 15) is 14.2 Å². The van der Waals surface area contributed by atoms with Gasteiger partial charge in [-0.15, -0.1) is 0 Å². The van der Waals surface area contributed by atoms with Gasteiger partial charge in [-0.3, -0.25) is 9.11 Å². The summed E-state index contributed by atoms with van der Waals surface area (Å²) in [5.41, 5.74) is 0.701. The molecule has 0 bridgehead atoms. The Hall–Kier alpha value is -2.30. The van der Waals surface area contributed by atoms with Gasteiger partial charge in [0.2, 0.25) is 11.9 Å². The molecule has 2 aromatic rings. The molecule has 0 aliphatic carbocycles. The lowest BCUT2D eigenvalue weighted by atomic mass is 10.3. The average Bonchev–Trinajstić information content (AvgIpc) is 2.88. The van der Waals surface area contributed by atoms with Gasteiger partial charge >= 0.3 is 6.01 Å². The quantitative estimate of drug-likeness (QED) is 0.489. The third kappa shape index (κ3) is 4.84. The fourth-order valence-corrected chi connectivity index (χ4v) is 4.18. The second kappa shape index (κ2) is 7.30. The number of hydrogen-bond acceptors (Lipinski definition) is 9. The van der Waals surface area contributed by atoms with Crippen molar-refractivity contribution in [3.63, 3.8) is 0 Å². The lowest BCUT2D eigenvalue weighted by Crippen LogP contribution is -2.22. The lowest BCUT2D eigenvalue weighted by Gasteiger charge is -2.26. The summed E-state index contributed by atoms with van der Waals surface area (Å²) in [4.78, 5) is 12.7. The highest BCUT2D eigenvalue weighted by molar-refractivity contribution is 8.24. The van der Waals surface area contributed by atoms with Crippen molar-refractivity contribution in [3.05, 3.63) is 24.3 Å². The summed E-state index contributed by atoms with van der Waals surface area (Å²) in [5.74, 6) is 1.42. The van der Waals surface area contributed by atoms with E-state index in [-0.39, 0.29) is 29.5 Å². The van der Waals surface area contributed by atoms with Gasteiger partial charge in [0, 0.05) is 17.5 Å². The molecule has 1 aliphatic heterocycles. The molecule has 1 aromatic carbocycles. The maximum absolute atomic E-state index is 9.74. The highest BCUT2D eigenvalue weighted by Crippen LogP contribution is 2.46. The fourth-order valence-electron chi connectivity index (χ4n) is 2.46. The van der Waals surface area contributed by atoms with Crippen LogP contribution in [0.3, 0.4) is 0 Å². The Morgan fingerprint density at radius 3 is 2.52 bits per heavy atom. The summed E-state index contributed by atoms with van der Waals surface area (Å²) in [6.07, 6.45) is 0.638. The Labute approximate surface area is 146 Å². The van der Waals surface area contributed by atoms with E-state index < -0.39 is 10.6 Å². The number of rotatable bonds is 6. The summed E-state index contributed by atoms with van der Waals surface area (Å²) in [6, 6.07) is 6.55. The predicted octanol–water partition coefficient (Wildman–Crippen LogP) is 2.65. The molecule has 10 heteroatoms. The Bertz CT molecular complexity index is 728. The summed E-state index contributed by atoms with van der Waals surface area (Å²) in [6.45, 7) is 2.24. The Kier molecular flexibility index (Phi) is 5.11. The molecular formula is C15H21N5O4S. The number of nitrogens with one attached hydrogen (secondary N) is 2. The Morgan fingerprint density at radius 1 is 1.16 bits per heavy atom. The molecule has 1 unspecified atom stereocenters. The number of nitrogens with zero attached hydrogens (tertiary/aromatic N) is 3. The summed E-state index contributed by atoms with van der Waals surface area (Å²) in [7, 11) is -2.50. The first-order valence-electron chi connectivity index (χ1n) is 7.88. The maximum atomic E-state index is 9.74. The van der Waals surface area contributed by atoms with E-state index in [1.807, 2.05) is 6.92 Å². The van der Waals surface area contributed by atoms with E-state index in [1.54, 1.807) is 24.3 Å². The van der Waals surface area contributed by atoms with Crippen molar-refractivity contribution in [2.24, 2.45) is 0 Å². The number of aromatic hydroxyl groups is 1. The highest BCUT2D eigenvalue weighted by atomic mass is 32.3. The van der Waals surface area contributed by atoms with Crippen LogP contribution in [0.15, 0.2) is 24.3 Å². The molecule has 1 saturated heterocycles. The molecule has 1 atom stereocenters. The smallest absolute Gasteiger partial charge is 0.323 e. The standard InChI is InChI=1S/C15H21N5O4S/c1-2-24-15-19-13(16-10-3-5-12(21)6-4-10)18-14(20-15)17-11-7-8-25(22,23)9-11/h3-6,11,21-23H,2,7-9H2,1H3,(H2,16,17,18,19,20). The van der Waals surface area contributed by atoms with Crippen molar-refractivity contribution in [3.8, 4) is 11.8 Å². The zero-order chi connectivity index (χ0) is 17.9. The van der Waals surface area contributed by atoms with Gasteiger partial charge in [0.05, 0.1) is 12.4 Å². The first kappa shape index (κ1) is 17.5. The monoisotopic (exact) mass is 367 g/mol. The van der Waals surface area contributed by atoms with E-state index in [0.717, 1.165) is 0 Å². The van der Waals surface area contributed by atoms with E-state index in [2.05, 4.69) is 25.6 Å². The topological polar surface area (TPSA) is 133 Å². The first-order chi connectivity index (χ1) is 11.9. The second-order valence-electron chi connectivity index (χ2n) is 5.67. The van der Waals surface area contributed by atoms with Crippen molar-refractivity contribution >= 4 is 28.2 Å². The highest BCUT2D eigenvalue weighted by Gasteiger charge is 2.29. The first-order valence-corrected chi connectivity index (χ1v) is 9.77. The van der Waals surface area contributed by atoms with E-state index in [1.165, 1.54) is 0 Å². The molecule has 2 heterocycles. The number of phenolic OH excluding ortho intramolecular Hbond substituents is 1. The molecule has 0 spiro atoms. The van der Waals surface area contributed by atoms with Gasteiger partial charge in [0.15, 0.2) is 0 Å². The van der Waals surface area contributed by atoms with E-state index >= 15 is 0 Å². The second-order valence-corrected chi connectivity index (χ2v) is 8.02. The maximum Gasteiger partial charge on any atom is 0.323 e. The van der Waals surface area contributed by atoms with Crippen LogP contribution in [0.4, 0.5) is 17.6 Å². The molecule has 1 fully saturated rings. The summed E-state index contributed by atoms with van der Waals surface area (Å²) < 4.78 is 24.9. The number of phenols is 1. The van der Waals surface area contributed by atoms with Gasteiger partial charge < -0.3 is 20.5 Å². The molecule has 136 valence electrons. The number of benzene rings is 1. The molecule has 25 heavy (non-hydrogen) atoms. The molecule has 0 amide bonds. The zero-order valence-electron chi connectivity index (χ0n) is 13.7. The van der Waals surface area contributed by atoms with Crippen molar-refractivity contribution in [1.82, 2.24) is 15.0 Å². The summed E-state index contributed by atoms with van der Waals surface area (Å²) in [5, 5.41) is 15.5. The van der Waals surface area contributed by atoms with Crippen LogP contribution < -0.4 is 15.4 Å². The van der Waals surface area contributed by atoms with Crippen LogP contribution in [0, 0.1) is 0 Å².